The van der Waals surface area contributed by atoms with Gasteiger partial charge in [-0.05, 0) is 25.1 Å². The molecule has 1 aromatic heterocycles. The lowest BCUT2D eigenvalue weighted by Gasteiger charge is -1.99. The van der Waals surface area contributed by atoms with Crippen LogP contribution in [0.25, 0.3) is 10.6 Å². The molecular formula is C11H10ClFN2S. The van der Waals surface area contributed by atoms with Crippen LogP contribution < -0.4 is 5.73 Å². The second kappa shape index (κ2) is 4.49. The van der Waals surface area contributed by atoms with Crippen LogP contribution in [0.2, 0.25) is 5.02 Å². The topological polar surface area (TPSA) is 38.9 Å². The molecule has 1 aromatic carbocycles. The molecule has 0 saturated heterocycles. The summed E-state index contributed by atoms with van der Waals surface area (Å²) in [7, 11) is 0. The molecule has 2 aromatic rings. The highest BCUT2D eigenvalue weighted by molar-refractivity contribution is 7.13. The lowest BCUT2D eigenvalue weighted by Crippen LogP contribution is -2.04. The van der Waals surface area contributed by atoms with Crippen molar-refractivity contribution >= 4 is 22.9 Å². The minimum Gasteiger partial charge on any atom is -0.323 e. The Labute approximate surface area is 102 Å². The van der Waals surface area contributed by atoms with Gasteiger partial charge in [0.15, 0.2) is 0 Å². The van der Waals surface area contributed by atoms with Gasteiger partial charge in [-0.1, -0.05) is 11.6 Å². The Balaban J connectivity index is 2.42. The number of benzene rings is 1. The normalized spacial score (nSPS) is 12.8. The van der Waals surface area contributed by atoms with Gasteiger partial charge in [-0.3, -0.25) is 0 Å². The fourth-order valence-electron chi connectivity index (χ4n) is 1.31. The van der Waals surface area contributed by atoms with E-state index in [1.165, 1.54) is 23.5 Å². The van der Waals surface area contributed by atoms with Gasteiger partial charge >= 0.3 is 0 Å². The van der Waals surface area contributed by atoms with Crippen molar-refractivity contribution < 1.29 is 4.39 Å². The number of thiazole rings is 1. The molecule has 0 radical (unpaired) electrons. The van der Waals surface area contributed by atoms with Crippen LogP contribution in [0, 0.1) is 5.82 Å². The van der Waals surface area contributed by atoms with Crippen molar-refractivity contribution in [2.24, 2.45) is 5.73 Å². The Bertz CT molecular complexity index is 490. The van der Waals surface area contributed by atoms with Gasteiger partial charge in [0.2, 0.25) is 0 Å². The summed E-state index contributed by atoms with van der Waals surface area (Å²) in [5, 5.41) is 2.97. The van der Waals surface area contributed by atoms with Gasteiger partial charge in [0.1, 0.15) is 10.8 Å². The highest BCUT2D eigenvalue weighted by Gasteiger charge is 2.09. The zero-order valence-electron chi connectivity index (χ0n) is 8.58. The quantitative estimate of drug-likeness (QED) is 0.891. The van der Waals surface area contributed by atoms with Gasteiger partial charge in [-0.25, -0.2) is 9.37 Å². The van der Waals surface area contributed by atoms with E-state index < -0.39 is 0 Å². The summed E-state index contributed by atoms with van der Waals surface area (Å²) in [4.78, 5) is 4.33. The molecule has 0 aliphatic carbocycles. The summed E-state index contributed by atoms with van der Waals surface area (Å²) in [5.74, 6) is -0.361. The number of hydrogen-bond donors (Lipinski definition) is 1. The average Bonchev–Trinajstić information content (AvgIpc) is 2.64. The third-order valence-corrected chi connectivity index (χ3v) is 3.23. The van der Waals surface area contributed by atoms with Crippen LogP contribution in [0.1, 0.15) is 18.7 Å². The van der Waals surface area contributed by atoms with Crippen LogP contribution >= 0.6 is 22.9 Å². The largest absolute Gasteiger partial charge is 0.323 e. The second-order valence-corrected chi connectivity index (χ2v) is 4.82. The zero-order valence-corrected chi connectivity index (χ0v) is 10.1. The Kier molecular flexibility index (Phi) is 3.23. The standard InChI is InChI=1S/C11H10ClFN2S/c1-6(14)10-5-16-11(15-10)7-2-8(12)4-9(13)3-7/h2-6H,14H2,1H3. The molecule has 2 N–H and O–H groups in total. The smallest absolute Gasteiger partial charge is 0.125 e. The Morgan fingerprint density at radius 1 is 1.44 bits per heavy atom. The third kappa shape index (κ3) is 2.40. The van der Waals surface area contributed by atoms with Crippen LogP contribution in [0.15, 0.2) is 23.6 Å². The first-order valence-electron chi connectivity index (χ1n) is 4.74. The van der Waals surface area contributed by atoms with E-state index in [0.29, 0.717) is 10.6 Å². The summed E-state index contributed by atoms with van der Waals surface area (Å²) in [6.07, 6.45) is 0. The lowest BCUT2D eigenvalue weighted by molar-refractivity contribution is 0.628. The number of halogens is 2. The molecule has 1 heterocycles. The minimum absolute atomic E-state index is 0.117. The van der Waals surface area contributed by atoms with Gasteiger partial charge in [-0.15, -0.1) is 11.3 Å². The maximum atomic E-state index is 13.1. The molecule has 0 aliphatic heterocycles. The second-order valence-electron chi connectivity index (χ2n) is 3.52. The highest BCUT2D eigenvalue weighted by Crippen LogP contribution is 2.28. The van der Waals surface area contributed by atoms with Crippen LogP contribution in [-0.4, -0.2) is 4.98 Å². The van der Waals surface area contributed by atoms with Crippen LogP contribution in [0.5, 0.6) is 0 Å². The van der Waals surface area contributed by atoms with Crippen molar-refractivity contribution in [3.8, 4) is 10.6 Å². The molecule has 0 spiro atoms. The zero-order chi connectivity index (χ0) is 11.7. The molecule has 0 bridgehead atoms. The van der Waals surface area contributed by atoms with Crippen molar-refractivity contribution in [3.05, 3.63) is 40.1 Å². The molecule has 16 heavy (non-hydrogen) atoms. The number of rotatable bonds is 2. The van der Waals surface area contributed by atoms with E-state index in [0.717, 1.165) is 10.7 Å². The maximum Gasteiger partial charge on any atom is 0.125 e. The first-order chi connectivity index (χ1) is 7.56. The third-order valence-electron chi connectivity index (χ3n) is 2.10. The first kappa shape index (κ1) is 11.5. The molecule has 2 nitrogen and oxygen atoms in total. The molecule has 5 heteroatoms. The fourth-order valence-corrected chi connectivity index (χ4v) is 2.44. The van der Waals surface area contributed by atoms with E-state index in [-0.39, 0.29) is 11.9 Å². The van der Waals surface area contributed by atoms with Gasteiger partial charge in [0, 0.05) is 22.0 Å². The fraction of sp³-hybridized carbons (Fsp3) is 0.182. The SMILES string of the molecule is CC(N)c1csc(-c2cc(F)cc(Cl)c2)n1. The summed E-state index contributed by atoms with van der Waals surface area (Å²) in [6.45, 7) is 1.86. The minimum atomic E-state index is -0.361. The summed E-state index contributed by atoms with van der Waals surface area (Å²) in [6, 6.07) is 4.25. The van der Waals surface area contributed by atoms with Crippen molar-refractivity contribution in [2.75, 3.05) is 0 Å². The maximum absolute atomic E-state index is 13.1. The number of hydrogen-bond acceptors (Lipinski definition) is 3. The average molecular weight is 257 g/mol. The molecule has 1 atom stereocenters. The van der Waals surface area contributed by atoms with E-state index in [1.54, 1.807) is 6.07 Å². The number of aromatic nitrogens is 1. The molecular weight excluding hydrogens is 247 g/mol. The van der Waals surface area contributed by atoms with E-state index >= 15 is 0 Å². The lowest BCUT2D eigenvalue weighted by atomic mass is 10.2. The summed E-state index contributed by atoms with van der Waals surface area (Å²) in [5.41, 5.74) is 7.20. The molecule has 0 aliphatic rings. The molecule has 2 rings (SSSR count). The number of nitrogens with two attached hydrogens (primary N) is 1. The van der Waals surface area contributed by atoms with E-state index in [2.05, 4.69) is 4.98 Å². The van der Waals surface area contributed by atoms with Crippen LogP contribution in [0.4, 0.5) is 4.39 Å². The molecule has 1 unspecified atom stereocenters. The number of nitrogens with zero attached hydrogens (tertiary/aromatic N) is 1. The highest BCUT2D eigenvalue weighted by atomic mass is 35.5. The van der Waals surface area contributed by atoms with Crippen molar-refractivity contribution in [2.45, 2.75) is 13.0 Å². The van der Waals surface area contributed by atoms with Crippen LogP contribution in [0.3, 0.4) is 0 Å². The van der Waals surface area contributed by atoms with Crippen molar-refractivity contribution in [1.29, 1.82) is 0 Å². The summed E-state index contributed by atoms with van der Waals surface area (Å²) < 4.78 is 13.1. The summed E-state index contributed by atoms with van der Waals surface area (Å²) >= 11 is 7.21. The Hall–Kier alpha value is -0.970. The Morgan fingerprint density at radius 3 is 2.75 bits per heavy atom. The van der Waals surface area contributed by atoms with Crippen LogP contribution in [-0.2, 0) is 0 Å². The van der Waals surface area contributed by atoms with Gasteiger partial charge in [0.05, 0.1) is 5.69 Å². The van der Waals surface area contributed by atoms with E-state index in [1.807, 2.05) is 12.3 Å². The monoisotopic (exact) mass is 256 g/mol. The van der Waals surface area contributed by atoms with Gasteiger partial charge in [-0.2, -0.15) is 0 Å². The predicted octanol–water partition coefficient (Wildman–Crippen LogP) is 3.62. The molecule has 84 valence electrons. The van der Waals surface area contributed by atoms with Gasteiger partial charge in [0.25, 0.3) is 0 Å². The first-order valence-corrected chi connectivity index (χ1v) is 5.99. The van der Waals surface area contributed by atoms with E-state index in [9.17, 15) is 4.39 Å². The Morgan fingerprint density at radius 2 is 2.19 bits per heavy atom. The molecule has 0 saturated carbocycles. The molecule has 0 amide bonds. The predicted molar refractivity (Wildman–Crippen MR) is 65.1 cm³/mol. The van der Waals surface area contributed by atoms with E-state index in [4.69, 9.17) is 17.3 Å². The van der Waals surface area contributed by atoms with Crippen molar-refractivity contribution in [3.63, 3.8) is 0 Å². The van der Waals surface area contributed by atoms with Gasteiger partial charge < -0.3 is 5.73 Å². The van der Waals surface area contributed by atoms with Crippen molar-refractivity contribution in [1.82, 2.24) is 4.98 Å². The molecule has 0 fully saturated rings.